The number of amides is 2. The number of likely N-dealkylation sites (tertiary alicyclic amines) is 2. The Morgan fingerprint density at radius 2 is 1.72 bits per heavy atom. The van der Waals surface area contributed by atoms with E-state index in [1.807, 2.05) is 23.1 Å². The van der Waals surface area contributed by atoms with Crippen molar-refractivity contribution >= 4 is 11.8 Å². The van der Waals surface area contributed by atoms with Gasteiger partial charge in [0.15, 0.2) is 0 Å². The molecule has 3 aliphatic rings. The van der Waals surface area contributed by atoms with Gasteiger partial charge >= 0.3 is 0 Å². The van der Waals surface area contributed by atoms with Crippen molar-refractivity contribution in [3.8, 4) is 0 Å². The second-order valence-corrected chi connectivity index (χ2v) is 9.08. The topological polar surface area (TPSA) is 60.9 Å². The fourth-order valence-electron chi connectivity index (χ4n) is 5.68. The first-order valence-corrected chi connectivity index (χ1v) is 11.4. The summed E-state index contributed by atoms with van der Waals surface area (Å²) in [6, 6.07) is 10.5. The number of hydrogen-bond acceptors (Lipinski definition) is 3. The Morgan fingerprint density at radius 1 is 1.03 bits per heavy atom. The Hall–Kier alpha value is -1.88. The molecule has 158 valence electrons. The molecule has 1 aliphatic carbocycles. The van der Waals surface area contributed by atoms with E-state index in [0.29, 0.717) is 13.0 Å². The van der Waals surface area contributed by atoms with E-state index in [1.54, 1.807) is 0 Å². The lowest BCUT2D eigenvalue weighted by Gasteiger charge is -2.48. The molecule has 1 saturated carbocycles. The maximum Gasteiger partial charge on any atom is 0.248 e. The van der Waals surface area contributed by atoms with E-state index < -0.39 is 5.54 Å². The molecule has 5 heteroatoms. The van der Waals surface area contributed by atoms with Crippen LogP contribution >= 0.6 is 0 Å². The smallest absolute Gasteiger partial charge is 0.248 e. The van der Waals surface area contributed by atoms with Gasteiger partial charge in [-0.2, -0.15) is 0 Å². The highest BCUT2D eigenvalue weighted by Crippen LogP contribution is 2.40. The van der Waals surface area contributed by atoms with Crippen LogP contribution in [-0.4, -0.2) is 57.5 Å². The lowest BCUT2D eigenvalue weighted by Crippen LogP contribution is -2.63. The number of carbonyl (C=O) groups is 2. The number of aliphatic hydroxyl groups is 1. The highest BCUT2D eigenvalue weighted by Gasteiger charge is 2.53. The minimum absolute atomic E-state index is 0.146. The van der Waals surface area contributed by atoms with Gasteiger partial charge in [0.1, 0.15) is 5.54 Å². The zero-order chi connectivity index (χ0) is 20.3. The molecule has 1 unspecified atom stereocenters. The van der Waals surface area contributed by atoms with Crippen LogP contribution in [0.1, 0.15) is 69.8 Å². The van der Waals surface area contributed by atoms with Gasteiger partial charge in [0.2, 0.25) is 11.8 Å². The molecule has 1 spiro atoms. The Balaban J connectivity index is 1.40. The lowest BCUT2D eigenvalue weighted by molar-refractivity contribution is -0.158. The molecule has 0 radical (unpaired) electrons. The second kappa shape index (κ2) is 8.86. The molecule has 29 heavy (non-hydrogen) atoms. The van der Waals surface area contributed by atoms with Crippen LogP contribution in [0.2, 0.25) is 0 Å². The van der Waals surface area contributed by atoms with E-state index in [4.69, 9.17) is 0 Å². The monoisotopic (exact) mass is 398 g/mol. The summed E-state index contributed by atoms with van der Waals surface area (Å²) in [4.78, 5) is 30.7. The number of hydrogen-bond donors (Lipinski definition) is 1. The first-order valence-electron chi connectivity index (χ1n) is 11.4. The van der Waals surface area contributed by atoms with Gasteiger partial charge in [-0.25, -0.2) is 0 Å². The SMILES string of the molecule is O=C(CCCc1ccccc1)N1CCCC12CCCN(C1CCC(O)CC1)C2=O. The minimum atomic E-state index is -0.599. The van der Waals surface area contributed by atoms with Crippen molar-refractivity contribution in [3.63, 3.8) is 0 Å². The highest BCUT2D eigenvalue weighted by molar-refractivity contribution is 5.93. The quantitative estimate of drug-likeness (QED) is 0.828. The van der Waals surface area contributed by atoms with Crippen molar-refractivity contribution in [2.75, 3.05) is 13.1 Å². The van der Waals surface area contributed by atoms with E-state index in [1.165, 1.54) is 5.56 Å². The zero-order valence-electron chi connectivity index (χ0n) is 17.4. The van der Waals surface area contributed by atoms with Crippen LogP contribution in [0.4, 0.5) is 0 Å². The molecule has 4 rings (SSSR count). The van der Waals surface area contributed by atoms with E-state index in [9.17, 15) is 14.7 Å². The summed E-state index contributed by atoms with van der Waals surface area (Å²) in [6.07, 6.45) is 8.87. The Labute approximate surface area is 174 Å². The average Bonchev–Trinajstić information content (AvgIpc) is 3.16. The molecular weight excluding hydrogens is 364 g/mol. The third kappa shape index (κ3) is 4.20. The van der Waals surface area contributed by atoms with Crippen LogP contribution in [0, 0.1) is 0 Å². The summed E-state index contributed by atoms with van der Waals surface area (Å²) in [7, 11) is 0. The largest absolute Gasteiger partial charge is 0.393 e. The van der Waals surface area contributed by atoms with Crippen LogP contribution in [0.5, 0.6) is 0 Å². The predicted molar refractivity (Wildman–Crippen MR) is 112 cm³/mol. The van der Waals surface area contributed by atoms with E-state index in [2.05, 4.69) is 17.0 Å². The van der Waals surface area contributed by atoms with Crippen molar-refractivity contribution in [2.24, 2.45) is 0 Å². The molecule has 0 aromatic heterocycles. The average molecular weight is 399 g/mol. The number of aryl methyl sites for hydroxylation is 1. The molecule has 0 bridgehead atoms. The molecule has 1 aromatic carbocycles. The van der Waals surface area contributed by atoms with Gasteiger partial charge in [0, 0.05) is 25.6 Å². The molecular formula is C24H34N2O3. The number of nitrogens with zero attached hydrogens (tertiary/aromatic N) is 2. The summed E-state index contributed by atoms with van der Waals surface area (Å²) in [5.41, 5.74) is 0.661. The van der Waals surface area contributed by atoms with Crippen molar-refractivity contribution in [3.05, 3.63) is 35.9 Å². The molecule has 1 aromatic rings. The first-order chi connectivity index (χ1) is 14.1. The van der Waals surface area contributed by atoms with Gasteiger partial charge in [-0.1, -0.05) is 30.3 Å². The number of piperidine rings is 1. The molecule has 3 fully saturated rings. The summed E-state index contributed by atoms with van der Waals surface area (Å²) >= 11 is 0. The highest BCUT2D eigenvalue weighted by atomic mass is 16.3. The molecule has 1 atom stereocenters. The summed E-state index contributed by atoms with van der Waals surface area (Å²) in [5, 5.41) is 9.82. The second-order valence-electron chi connectivity index (χ2n) is 9.08. The lowest BCUT2D eigenvalue weighted by atomic mass is 9.82. The summed E-state index contributed by atoms with van der Waals surface area (Å²) in [5.74, 6) is 0.326. The van der Waals surface area contributed by atoms with Crippen LogP contribution in [0.15, 0.2) is 30.3 Å². The van der Waals surface area contributed by atoms with Crippen molar-refractivity contribution in [2.45, 2.75) is 88.3 Å². The number of benzene rings is 1. The number of carbonyl (C=O) groups excluding carboxylic acids is 2. The van der Waals surface area contributed by atoms with Crippen LogP contribution < -0.4 is 0 Å². The summed E-state index contributed by atoms with van der Waals surface area (Å²) in [6.45, 7) is 1.52. The zero-order valence-corrected chi connectivity index (χ0v) is 17.4. The van der Waals surface area contributed by atoms with Crippen LogP contribution in [0.3, 0.4) is 0 Å². The molecule has 2 amide bonds. The maximum absolute atomic E-state index is 13.6. The van der Waals surface area contributed by atoms with Gasteiger partial charge in [-0.3, -0.25) is 9.59 Å². The van der Waals surface area contributed by atoms with E-state index in [0.717, 1.165) is 70.8 Å². The molecule has 2 saturated heterocycles. The van der Waals surface area contributed by atoms with Gasteiger partial charge in [-0.05, 0) is 69.8 Å². The van der Waals surface area contributed by atoms with Crippen molar-refractivity contribution in [1.29, 1.82) is 0 Å². The molecule has 2 aliphatic heterocycles. The molecule has 1 N–H and O–H groups in total. The Bertz CT molecular complexity index is 714. The minimum Gasteiger partial charge on any atom is -0.393 e. The fourth-order valence-corrected chi connectivity index (χ4v) is 5.68. The van der Waals surface area contributed by atoms with Crippen molar-refractivity contribution in [1.82, 2.24) is 9.80 Å². The van der Waals surface area contributed by atoms with Crippen molar-refractivity contribution < 1.29 is 14.7 Å². The number of rotatable bonds is 5. The fraction of sp³-hybridized carbons (Fsp3) is 0.667. The standard InChI is InChI=1S/C24H34N2O3/c27-21-13-11-20(12-14-21)25-17-5-15-24(23(25)29)16-6-18-26(24)22(28)10-4-9-19-7-2-1-3-8-19/h1-3,7-8,20-21,27H,4-6,9-18H2. The Morgan fingerprint density at radius 3 is 2.45 bits per heavy atom. The normalized spacial score (nSPS) is 30.2. The maximum atomic E-state index is 13.6. The van der Waals surface area contributed by atoms with Crippen LogP contribution in [0.25, 0.3) is 0 Å². The van der Waals surface area contributed by atoms with Gasteiger partial charge in [-0.15, -0.1) is 0 Å². The number of aliphatic hydroxyl groups excluding tert-OH is 1. The van der Waals surface area contributed by atoms with E-state index in [-0.39, 0.29) is 24.0 Å². The predicted octanol–water partition coefficient (Wildman–Crippen LogP) is 3.30. The van der Waals surface area contributed by atoms with Gasteiger partial charge < -0.3 is 14.9 Å². The molecule has 5 nitrogen and oxygen atoms in total. The summed E-state index contributed by atoms with van der Waals surface area (Å²) < 4.78 is 0. The first kappa shape index (κ1) is 20.4. The third-order valence-corrected chi connectivity index (χ3v) is 7.24. The third-order valence-electron chi connectivity index (χ3n) is 7.24. The van der Waals surface area contributed by atoms with Gasteiger partial charge in [0.05, 0.1) is 6.10 Å². The van der Waals surface area contributed by atoms with Gasteiger partial charge in [0.25, 0.3) is 0 Å². The van der Waals surface area contributed by atoms with Crippen LogP contribution in [-0.2, 0) is 16.0 Å². The van der Waals surface area contributed by atoms with E-state index >= 15 is 0 Å². The Kier molecular flexibility index (Phi) is 6.23. The molecule has 2 heterocycles.